The second-order valence-corrected chi connectivity index (χ2v) is 4.06. The Morgan fingerprint density at radius 2 is 1.42 bits per heavy atom. The molecule has 2 nitrogen and oxygen atoms in total. The maximum absolute atomic E-state index is 9.74. The molecule has 12 heavy (non-hydrogen) atoms. The first-order valence-electron chi connectivity index (χ1n) is 4.52. The van der Waals surface area contributed by atoms with Crippen molar-refractivity contribution in [1.82, 2.24) is 0 Å². The van der Waals surface area contributed by atoms with E-state index >= 15 is 0 Å². The van der Waals surface area contributed by atoms with Crippen molar-refractivity contribution in [1.29, 1.82) is 0 Å². The van der Waals surface area contributed by atoms with Crippen LogP contribution in [0.3, 0.4) is 0 Å². The van der Waals surface area contributed by atoms with Crippen molar-refractivity contribution in [2.45, 2.75) is 12.2 Å². The minimum absolute atomic E-state index is 0.199. The summed E-state index contributed by atoms with van der Waals surface area (Å²) in [5.74, 6) is 1.12. The molecule has 1 saturated carbocycles. The molecule has 0 spiro atoms. The van der Waals surface area contributed by atoms with Crippen LogP contribution >= 0.6 is 0 Å². The zero-order chi connectivity index (χ0) is 8.29. The van der Waals surface area contributed by atoms with Crippen molar-refractivity contribution >= 4 is 0 Å². The Kier molecular flexibility index (Phi) is 1.15. The molecule has 3 aliphatic carbocycles. The predicted molar refractivity (Wildman–Crippen MR) is 44.3 cm³/mol. The fourth-order valence-corrected chi connectivity index (χ4v) is 3.05. The maximum Gasteiger partial charge on any atom is 0.0761 e. The van der Waals surface area contributed by atoms with Crippen LogP contribution in [0.5, 0.6) is 0 Å². The van der Waals surface area contributed by atoms with Crippen molar-refractivity contribution in [3.8, 4) is 0 Å². The van der Waals surface area contributed by atoms with E-state index < -0.39 is 0 Å². The number of hydrogen-bond donors (Lipinski definition) is 2. The molecular weight excluding hydrogens is 152 g/mol. The van der Waals surface area contributed by atoms with Crippen molar-refractivity contribution in [2.24, 2.45) is 23.7 Å². The monoisotopic (exact) mass is 164 g/mol. The number of fused-ring (bicyclic) bond motifs is 5. The lowest BCUT2D eigenvalue weighted by molar-refractivity contribution is 0.0966. The summed E-state index contributed by atoms with van der Waals surface area (Å²) in [5.41, 5.74) is 0. The lowest BCUT2D eigenvalue weighted by atomic mass is 9.84. The Bertz CT molecular complexity index is 269. The number of allylic oxidation sites excluding steroid dienone is 1. The maximum atomic E-state index is 9.74. The molecule has 0 aromatic rings. The predicted octanol–water partition coefficient (Wildman–Crippen LogP) is 0.326. The van der Waals surface area contributed by atoms with Crippen molar-refractivity contribution in [3.05, 3.63) is 24.3 Å². The highest BCUT2D eigenvalue weighted by molar-refractivity contribution is 5.27. The van der Waals surface area contributed by atoms with Gasteiger partial charge < -0.3 is 10.2 Å². The highest BCUT2D eigenvalue weighted by atomic mass is 16.3. The quantitative estimate of drug-likeness (QED) is 0.506. The smallest absolute Gasteiger partial charge is 0.0761 e. The van der Waals surface area contributed by atoms with E-state index in [1.807, 2.05) is 6.08 Å². The molecule has 2 N–H and O–H groups in total. The van der Waals surface area contributed by atoms with Gasteiger partial charge in [0.1, 0.15) is 0 Å². The molecule has 6 atom stereocenters. The number of hydrogen-bond acceptors (Lipinski definition) is 2. The summed E-state index contributed by atoms with van der Waals surface area (Å²) in [6, 6.07) is 0. The first-order chi connectivity index (χ1) is 5.79. The molecule has 3 rings (SSSR count). The van der Waals surface area contributed by atoms with E-state index in [0.717, 1.165) is 0 Å². The third-order valence-electron chi connectivity index (χ3n) is 3.60. The van der Waals surface area contributed by atoms with Crippen molar-refractivity contribution in [2.75, 3.05) is 0 Å². The van der Waals surface area contributed by atoms with Crippen LogP contribution in [0.15, 0.2) is 24.3 Å². The van der Waals surface area contributed by atoms with Crippen LogP contribution in [0.25, 0.3) is 0 Å². The van der Waals surface area contributed by atoms with Crippen molar-refractivity contribution in [3.63, 3.8) is 0 Å². The van der Waals surface area contributed by atoms with Crippen LogP contribution < -0.4 is 0 Å². The number of aliphatic hydroxyl groups is 2. The van der Waals surface area contributed by atoms with Crippen LogP contribution in [0, 0.1) is 23.7 Å². The second kappa shape index (κ2) is 2.01. The van der Waals surface area contributed by atoms with Gasteiger partial charge in [0.25, 0.3) is 0 Å². The summed E-state index contributed by atoms with van der Waals surface area (Å²) in [5, 5.41) is 19.4. The third-order valence-corrected chi connectivity index (χ3v) is 3.60. The zero-order valence-corrected chi connectivity index (χ0v) is 6.67. The zero-order valence-electron chi connectivity index (χ0n) is 6.67. The number of aliphatic hydroxyl groups excluding tert-OH is 2. The average Bonchev–Trinajstić information content (AvgIpc) is 2.66. The second-order valence-electron chi connectivity index (χ2n) is 4.06. The Hall–Kier alpha value is -0.600. The van der Waals surface area contributed by atoms with E-state index in [2.05, 4.69) is 18.2 Å². The molecule has 0 heterocycles. The van der Waals surface area contributed by atoms with Gasteiger partial charge in [0.2, 0.25) is 0 Å². The molecule has 0 aliphatic heterocycles. The number of rotatable bonds is 0. The van der Waals surface area contributed by atoms with E-state index in [0.29, 0.717) is 5.92 Å². The molecule has 0 saturated heterocycles. The Labute approximate surface area is 71.2 Å². The fourth-order valence-electron chi connectivity index (χ4n) is 3.05. The SMILES string of the molecule is O[C@@H]1[C@H]2C=C[C@H]1[C@@H]1[C@@H]2C=C[C@H]1O. The third kappa shape index (κ3) is 0.595. The van der Waals surface area contributed by atoms with Gasteiger partial charge in [0.05, 0.1) is 12.2 Å². The summed E-state index contributed by atoms with van der Waals surface area (Å²) in [7, 11) is 0. The standard InChI is InChI=1S/C10H12O2/c11-8-4-3-5-6-1-2-7(9(5)8)10(6)12/h1-12H/t5-,6+,7+,8-,9+,10-/m1/s1. The highest BCUT2D eigenvalue weighted by Gasteiger charge is 2.53. The van der Waals surface area contributed by atoms with Gasteiger partial charge in [-0.3, -0.25) is 0 Å². The molecule has 0 unspecified atom stereocenters. The average molecular weight is 164 g/mol. The van der Waals surface area contributed by atoms with E-state index in [1.54, 1.807) is 0 Å². The molecule has 2 bridgehead atoms. The first kappa shape index (κ1) is 6.87. The fraction of sp³-hybridized carbons (Fsp3) is 0.600. The summed E-state index contributed by atoms with van der Waals surface area (Å²) in [6.45, 7) is 0. The van der Waals surface area contributed by atoms with Gasteiger partial charge in [-0.15, -0.1) is 0 Å². The van der Waals surface area contributed by atoms with Gasteiger partial charge >= 0.3 is 0 Å². The van der Waals surface area contributed by atoms with Gasteiger partial charge in [-0.1, -0.05) is 24.3 Å². The van der Waals surface area contributed by atoms with Gasteiger partial charge in [-0.25, -0.2) is 0 Å². The van der Waals surface area contributed by atoms with E-state index in [-0.39, 0.29) is 30.0 Å². The van der Waals surface area contributed by atoms with Crippen LogP contribution in [0.2, 0.25) is 0 Å². The van der Waals surface area contributed by atoms with Gasteiger partial charge in [0.15, 0.2) is 0 Å². The van der Waals surface area contributed by atoms with Gasteiger partial charge in [-0.2, -0.15) is 0 Å². The van der Waals surface area contributed by atoms with Gasteiger partial charge in [0, 0.05) is 17.8 Å². The normalized spacial score (nSPS) is 59.8. The highest BCUT2D eigenvalue weighted by Crippen LogP contribution is 2.52. The molecule has 0 aromatic heterocycles. The Morgan fingerprint density at radius 3 is 2.17 bits per heavy atom. The molecule has 2 heteroatoms. The summed E-state index contributed by atoms with van der Waals surface area (Å²) >= 11 is 0. The lowest BCUT2D eigenvalue weighted by Crippen LogP contribution is -2.25. The van der Waals surface area contributed by atoms with E-state index in [4.69, 9.17) is 0 Å². The molecule has 0 amide bonds. The molecule has 3 aliphatic rings. The van der Waals surface area contributed by atoms with E-state index in [1.165, 1.54) is 0 Å². The van der Waals surface area contributed by atoms with E-state index in [9.17, 15) is 10.2 Å². The van der Waals surface area contributed by atoms with Crippen LogP contribution in [0.4, 0.5) is 0 Å². The van der Waals surface area contributed by atoms with Crippen LogP contribution in [-0.4, -0.2) is 22.4 Å². The topological polar surface area (TPSA) is 40.5 Å². The Balaban J connectivity index is 2.03. The molecule has 0 aromatic carbocycles. The summed E-state index contributed by atoms with van der Waals surface area (Å²) in [6.07, 6.45) is 7.52. The molecule has 1 fully saturated rings. The largest absolute Gasteiger partial charge is 0.392 e. The molecule has 0 radical (unpaired) electrons. The Morgan fingerprint density at radius 1 is 0.750 bits per heavy atom. The molecule has 64 valence electrons. The lowest BCUT2D eigenvalue weighted by Gasteiger charge is -2.21. The van der Waals surface area contributed by atoms with Crippen LogP contribution in [-0.2, 0) is 0 Å². The first-order valence-corrected chi connectivity index (χ1v) is 4.52. The minimum Gasteiger partial charge on any atom is -0.392 e. The van der Waals surface area contributed by atoms with Gasteiger partial charge in [-0.05, 0) is 5.92 Å². The van der Waals surface area contributed by atoms with Crippen molar-refractivity contribution < 1.29 is 10.2 Å². The van der Waals surface area contributed by atoms with Crippen LogP contribution in [0.1, 0.15) is 0 Å². The minimum atomic E-state index is -0.329. The summed E-state index contributed by atoms with van der Waals surface area (Å²) in [4.78, 5) is 0. The summed E-state index contributed by atoms with van der Waals surface area (Å²) < 4.78 is 0. The molecular formula is C10H12O2.